The van der Waals surface area contributed by atoms with E-state index in [-0.39, 0.29) is 5.91 Å². The van der Waals surface area contributed by atoms with Crippen molar-refractivity contribution in [1.82, 2.24) is 10.3 Å². The SMILES string of the molecule is CCCCOc1ccc(C(=O)NCc2cccnc2OCC)cc1OC. The highest BCUT2D eigenvalue weighted by Gasteiger charge is 2.12. The summed E-state index contributed by atoms with van der Waals surface area (Å²) in [5, 5.41) is 2.88. The lowest BCUT2D eigenvalue weighted by molar-refractivity contribution is 0.0950. The molecule has 1 N–H and O–H groups in total. The molecule has 0 spiro atoms. The molecule has 0 aliphatic rings. The fourth-order valence-corrected chi connectivity index (χ4v) is 2.36. The summed E-state index contributed by atoms with van der Waals surface area (Å²) in [6.45, 7) is 5.48. The number of nitrogens with one attached hydrogen (secondary N) is 1. The third-order valence-electron chi connectivity index (χ3n) is 3.75. The molecule has 1 amide bonds. The molecule has 140 valence electrons. The lowest BCUT2D eigenvalue weighted by Gasteiger charge is -2.13. The van der Waals surface area contributed by atoms with Crippen molar-refractivity contribution >= 4 is 5.91 Å². The second kappa shape index (κ2) is 10.3. The summed E-state index contributed by atoms with van der Waals surface area (Å²) >= 11 is 0. The summed E-state index contributed by atoms with van der Waals surface area (Å²) < 4.78 is 16.5. The molecule has 2 aromatic rings. The Kier molecular flexibility index (Phi) is 7.74. The lowest BCUT2D eigenvalue weighted by Crippen LogP contribution is -2.23. The van der Waals surface area contributed by atoms with Gasteiger partial charge in [-0.25, -0.2) is 4.98 Å². The predicted octanol–water partition coefficient (Wildman–Crippen LogP) is 3.60. The molecule has 26 heavy (non-hydrogen) atoms. The molecule has 0 atom stereocenters. The summed E-state index contributed by atoms with van der Waals surface area (Å²) in [5.41, 5.74) is 1.33. The molecule has 2 rings (SSSR count). The molecular formula is C20H26N2O4. The van der Waals surface area contributed by atoms with Gasteiger partial charge in [-0.1, -0.05) is 19.4 Å². The van der Waals surface area contributed by atoms with Crippen molar-refractivity contribution in [2.24, 2.45) is 0 Å². The molecule has 1 aromatic carbocycles. The third-order valence-corrected chi connectivity index (χ3v) is 3.75. The van der Waals surface area contributed by atoms with Crippen molar-refractivity contribution in [3.05, 3.63) is 47.7 Å². The van der Waals surface area contributed by atoms with Gasteiger partial charge in [0.1, 0.15) is 0 Å². The van der Waals surface area contributed by atoms with Crippen molar-refractivity contribution in [2.45, 2.75) is 33.2 Å². The van der Waals surface area contributed by atoms with E-state index >= 15 is 0 Å². The second-order valence-corrected chi connectivity index (χ2v) is 5.65. The first-order valence-electron chi connectivity index (χ1n) is 8.85. The zero-order valence-corrected chi connectivity index (χ0v) is 15.6. The van der Waals surface area contributed by atoms with Crippen LogP contribution in [0.15, 0.2) is 36.5 Å². The normalized spacial score (nSPS) is 10.3. The molecule has 0 unspecified atom stereocenters. The molecule has 0 aliphatic heterocycles. The third kappa shape index (κ3) is 5.37. The van der Waals surface area contributed by atoms with Crippen LogP contribution in [0.4, 0.5) is 0 Å². The first-order chi connectivity index (χ1) is 12.7. The second-order valence-electron chi connectivity index (χ2n) is 5.65. The molecule has 0 saturated heterocycles. The molecule has 1 heterocycles. The molecule has 0 bridgehead atoms. The Bertz CT molecular complexity index is 719. The van der Waals surface area contributed by atoms with Crippen LogP contribution in [0.1, 0.15) is 42.6 Å². The van der Waals surface area contributed by atoms with Crippen LogP contribution in [-0.2, 0) is 6.54 Å². The van der Waals surface area contributed by atoms with E-state index in [0.717, 1.165) is 18.4 Å². The highest BCUT2D eigenvalue weighted by molar-refractivity contribution is 5.94. The van der Waals surface area contributed by atoms with Crippen molar-refractivity contribution in [2.75, 3.05) is 20.3 Å². The number of carbonyl (C=O) groups excluding carboxylic acids is 1. The first-order valence-corrected chi connectivity index (χ1v) is 8.85. The van der Waals surface area contributed by atoms with E-state index in [4.69, 9.17) is 14.2 Å². The summed E-state index contributed by atoms with van der Waals surface area (Å²) in [5.74, 6) is 1.52. The number of hydrogen-bond donors (Lipinski definition) is 1. The number of methoxy groups -OCH3 is 1. The highest BCUT2D eigenvalue weighted by atomic mass is 16.5. The maximum absolute atomic E-state index is 12.5. The molecule has 0 saturated carbocycles. The number of amides is 1. The van der Waals surface area contributed by atoms with Gasteiger partial charge in [0.25, 0.3) is 5.91 Å². The largest absolute Gasteiger partial charge is 0.493 e. The van der Waals surface area contributed by atoms with Gasteiger partial charge in [0, 0.05) is 23.9 Å². The summed E-state index contributed by atoms with van der Waals surface area (Å²) in [6.07, 6.45) is 3.69. The Balaban J connectivity index is 2.03. The van der Waals surface area contributed by atoms with Gasteiger partial charge in [0.15, 0.2) is 11.5 Å². The quantitative estimate of drug-likeness (QED) is 0.657. The van der Waals surface area contributed by atoms with Gasteiger partial charge in [-0.15, -0.1) is 0 Å². The minimum Gasteiger partial charge on any atom is -0.493 e. The van der Waals surface area contributed by atoms with Gasteiger partial charge >= 0.3 is 0 Å². The molecule has 1 aromatic heterocycles. The molecular weight excluding hydrogens is 332 g/mol. The predicted molar refractivity (Wildman–Crippen MR) is 100.0 cm³/mol. The number of ether oxygens (including phenoxy) is 3. The average molecular weight is 358 g/mol. The Morgan fingerprint density at radius 1 is 1.15 bits per heavy atom. The highest BCUT2D eigenvalue weighted by Crippen LogP contribution is 2.28. The van der Waals surface area contributed by atoms with E-state index in [9.17, 15) is 4.79 Å². The zero-order valence-electron chi connectivity index (χ0n) is 15.6. The standard InChI is InChI=1S/C20H26N2O4/c1-4-6-12-26-17-10-9-15(13-18(17)24-3)19(23)22-14-16-8-7-11-21-20(16)25-5-2/h7-11,13H,4-6,12,14H2,1-3H3,(H,22,23). The van der Waals surface area contributed by atoms with Crippen molar-refractivity contribution in [3.8, 4) is 17.4 Å². The maximum Gasteiger partial charge on any atom is 0.251 e. The smallest absolute Gasteiger partial charge is 0.251 e. The van der Waals surface area contributed by atoms with E-state index in [0.29, 0.717) is 42.7 Å². The van der Waals surface area contributed by atoms with Gasteiger partial charge in [-0.2, -0.15) is 0 Å². The Labute approximate surface area is 154 Å². The molecule has 6 heteroatoms. The van der Waals surface area contributed by atoms with E-state index < -0.39 is 0 Å². The van der Waals surface area contributed by atoms with Crippen LogP contribution in [0, 0.1) is 0 Å². The first kappa shape index (κ1) is 19.6. The average Bonchev–Trinajstić information content (AvgIpc) is 2.67. The number of nitrogens with zero attached hydrogens (tertiary/aromatic N) is 1. The van der Waals surface area contributed by atoms with E-state index in [2.05, 4.69) is 17.2 Å². The van der Waals surface area contributed by atoms with Crippen LogP contribution in [0.5, 0.6) is 17.4 Å². The minimum atomic E-state index is -0.199. The van der Waals surface area contributed by atoms with Crippen molar-refractivity contribution in [1.29, 1.82) is 0 Å². The summed E-state index contributed by atoms with van der Waals surface area (Å²) in [7, 11) is 1.56. The van der Waals surface area contributed by atoms with Crippen LogP contribution in [-0.4, -0.2) is 31.2 Å². The monoisotopic (exact) mass is 358 g/mol. The Morgan fingerprint density at radius 3 is 2.73 bits per heavy atom. The van der Waals surface area contributed by atoms with Gasteiger partial charge in [0.05, 0.1) is 20.3 Å². The minimum absolute atomic E-state index is 0.199. The van der Waals surface area contributed by atoms with Crippen LogP contribution in [0.25, 0.3) is 0 Å². The van der Waals surface area contributed by atoms with Crippen LogP contribution >= 0.6 is 0 Å². The van der Waals surface area contributed by atoms with Crippen LogP contribution < -0.4 is 19.5 Å². The maximum atomic E-state index is 12.5. The molecule has 0 radical (unpaired) electrons. The Morgan fingerprint density at radius 2 is 2.00 bits per heavy atom. The number of unbranched alkanes of at least 4 members (excludes halogenated alkanes) is 1. The number of hydrogen-bond acceptors (Lipinski definition) is 5. The fourth-order valence-electron chi connectivity index (χ4n) is 2.36. The van der Waals surface area contributed by atoms with Gasteiger partial charge < -0.3 is 19.5 Å². The fraction of sp³-hybridized carbons (Fsp3) is 0.400. The molecule has 0 fully saturated rings. The molecule has 0 aliphatic carbocycles. The number of carbonyl (C=O) groups is 1. The van der Waals surface area contributed by atoms with Crippen LogP contribution in [0.3, 0.4) is 0 Å². The number of pyridine rings is 1. The Hall–Kier alpha value is -2.76. The zero-order chi connectivity index (χ0) is 18.8. The van der Waals surface area contributed by atoms with Gasteiger partial charge in [-0.05, 0) is 37.6 Å². The number of rotatable bonds is 10. The topological polar surface area (TPSA) is 69.7 Å². The lowest BCUT2D eigenvalue weighted by atomic mass is 10.1. The summed E-state index contributed by atoms with van der Waals surface area (Å²) in [6, 6.07) is 8.87. The van der Waals surface area contributed by atoms with Gasteiger partial charge in [0.2, 0.25) is 5.88 Å². The summed E-state index contributed by atoms with van der Waals surface area (Å²) in [4.78, 5) is 16.6. The van der Waals surface area contributed by atoms with Crippen molar-refractivity contribution < 1.29 is 19.0 Å². The number of benzene rings is 1. The van der Waals surface area contributed by atoms with E-state index in [1.807, 2.05) is 19.1 Å². The van der Waals surface area contributed by atoms with Gasteiger partial charge in [-0.3, -0.25) is 4.79 Å². The molecule has 6 nitrogen and oxygen atoms in total. The number of aromatic nitrogens is 1. The van der Waals surface area contributed by atoms with E-state index in [1.165, 1.54) is 0 Å². The van der Waals surface area contributed by atoms with Crippen molar-refractivity contribution in [3.63, 3.8) is 0 Å². The van der Waals surface area contributed by atoms with E-state index in [1.54, 1.807) is 31.5 Å². The van der Waals surface area contributed by atoms with Crippen LogP contribution in [0.2, 0.25) is 0 Å².